The first-order valence-electron chi connectivity index (χ1n) is 3.72. The molecule has 2 nitrogen and oxygen atoms in total. The van der Waals surface area contributed by atoms with E-state index in [1.54, 1.807) is 6.07 Å². The van der Waals surface area contributed by atoms with Crippen LogP contribution in [0.5, 0.6) is 5.75 Å². The molecule has 1 aromatic carbocycles. The van der Waals surface area contributed by atoms with Gasteiger partial charge in [-0.1, -0.05) is 15.9 Å². The average Bonchev–Trinajstić information content (AvgIpc) is 2.16. The predicted octanol–water partition coefficient (Wildman–Crippen LogP) is 2.76. The molecule has 0 bridgehead atoms. The minimum atomic E-state index is -0.797. The van der Waals surface area contributed by atoms with Crippen molar-refractivity contribution in [1.82, 2.24) is 0 Å². The van der Waals surface area contributed by atoms with Crippen LogP contribution in [-0.2, 0) is 5.33 Å². The van der Waals surface area contributed by atoms with Gasteiger partial charge in [0.25, 0.3) is 0 Å². The quantitative estimate of drug-likeness (QED) is 0.784. The zero-order chi connectivity index (χ0) is 10.6. The lowest BCUT2D eigenvalue weighted by atomic mass is 10.2. The van der Waals surface area contributed by atoms with Crippen molar-refractivity contribution in [2.24, 2.45) is 0 Å². The van der Waals surface area contributed by atoms with Crippen LogP contribution in [-0.4, -0.2) is 6.61 Å². The van der Waals surface area contributed by atoms with E-state index in [0.717, 1.165) is 12.1 Å². The van der Waals surface area contributed by atoms with Gasteiger partial charge in [-0.2, -0.15) is 5.26 Å². The SMILES string of the molecule is N#CCOc1c(F)cc(CBr)cc1F. The summed E-state index contributed by atoms with van der Waals surface area (Å²) in [5.41, 5.74) is 0.476. The van der Waals surface area contributed by atoms with Crippen LogP contribution in [0.25, 0.3) is 0 Å². The van der Waals surface area contributed by atoms with E-state index in [9.17, 15) is 8.78 Å². The highest BCUT2D eigenvalue weighted by atomic mass is 79.9. The van der Waals surface area contributed by atoms with Crippen LogP contribution < -0.4 is 4.74 Å². The van der Waals surface area contributed by atoms with Gasteiger partial charge in [-0.25, -0.2) is 8.78 Å². The van der Waals surface area contributed by atoms with Gasteiger partial charge in [0.2, 0.25) is 0 Å². The summed E-state index contributed by atoms with van der Waals surface area (Å²) in [6, 6.07) is 3.95. The number of nitriles is 1. The van der Waals surface area contributed by atoms with Gasteiger partial charge in [-0.15, -0.1) is 0 Å². The number of nitrogens with zero attached hydrogens (tertiary/aromatic N) is 1. The number of hydrogen-bond acceptors (Lipinski definition) is 2. The van der Waals surface area contributed by atoms with Crippen molar-refractivity contribution in [3.63, 3.8) is 0 Å². The molecule has 1 aromatic rings. The van der Waals surface area contributed by atoms with Gasteiger partial charge < -0.3 is 4.74 Å². The molecule has 0 aliphatic carbocycles. The highest BCUT2D eigenvalue weighted by Gasteiger charge is 2.11. The summed E-state index contributed by atoms with van der Waals surface area (Å²) in [6.07, 6.45) is 0. The normalized spacial score (nSPS) is 9.57. The second-order valence-electron chi connectivity index (χ2n) is 2.47. The molecule has 14 heavy (non-hydrogen) atoms. The van der Waals surface area contributed by atoms with E-state index in [1.165, 1.54) is 0 Å². The molecule has 1 rings (SSSR count). The first-order chi connectivity index (χ1) is 6.69. The fourth-order valence-corrected chi connectivity index (χ4v) is 1.26. The summed E-state index contributed by atoms with van der Waals surface area (Å²) in [4.78, 5) is 0. The first-order valence-corrected chi connectivity index (χ1v) is 4.84. The van der Waals surface area contributed by atoms with Crippen molar-refractivity contribution in [3.8, 4) is 11.8 Å². The second kappa shape index (κ2) is 4.91. The Morgan fingerprint density at radius 3 is 2.36 bits per heavy atom. The Kier molecular flexibility index (Phi) is 3.84. The monoisotopic (exact) mass is 261 g/mol. The summed E-state index contributed by atoms with van der Waals surface area (Å²) in [5.74, 6) is -2.10. The molecule has 0 fully saturated rings. The molecule has 0 aromatic heterocycles. The van der Waals surface area contributed by atoms with Crippen LogP contribution in [0.2, 0.25) is 0 Å². The Morgan fingerprint density at radius 1 is 1.36 bits per heavy atom. The Bertz CT molecular complexity index is 353. The van der Waals surface area contributed by atoms with E-state index in [4.69, 9.17) is 5.26 Å². The summed E-state index contributed by atoms with van der Waals surface area (Å²) < 4.78 is 30.8. The van der Waals surface area contributed by atoms with E-state index in [1.807, 2.05) is 0 Å². The third-order valence-electron chi connectivity index (χ3n) is 1.49. The fraction of sp³-hybridized carbons (Fsp3) is 0.222. The number of halogens is 3. The van der Waals surface area contributed by atoms with Crippen LogP contribution in [0.3, 0.4) is 0 Å². The van der Waals surface area contributed by atoms with Crippen LogP contribution in [0.4, 0.5) is 8.78 Å². The van der Waals surface area contributed by atoms with E-state index in [-0.39, 0.29) is 6.61 Å². The molecule has 0 aliphatic rings. The minimum Gasteiger partial charge on any atom is -0.473 e. The highest BCUT2D eigenvalue weighted by Crippen LogP contribution is 2.24. The Labute approximate surface area is 88.2 Å². The maximum absolute atomic E-state index is 13.1. The van der Waals surface area contributed by atoms with E-state index in [2.05, 4.69) is 20.7 Å². The van der Waals surface area contributed by atoms with Crippen molar-refractivity contribution in [3.05, 3.63) is 29.3 Å². The number of hydrogen-bond donors (Lipinski definition) is 0. The molecule has 0 atom stereocenters. The molecule has 0 amide bonds. The first kappa shape index (κ1) is 10.9. The Morgan fingerprint density at radius 2 is 1.93 bits per heavy atom. The van der Waals surface area contributed by atoms with Crippen molar-refractivity contribution in [2.45, 2.75) is 5.33 Å². The minimum absolute atomic E-state index is 0.360. The second-order valence-corrected chi connectivity index (χ2v) is 3.03. The molecule has 0 aliphatic heterocycles. The molecule has 5 heteroatoms. The van der Waals surface area contributed by atoms with Gasteiger partial charge in [0.05, 0.1) is 0 Å². The lowest BCUT2D eigenvalue weighted by Crippen LogP contribution is -2.00. The van der Waals surface area contributed by atoms with Crippen molar-refractivity contribution >= 4 is 15.9 Å². The molecule has 0 radical (unpaired) electrons. The standard InChI is InChI=1S/C9H6BrF2NO/c10-5-6-3-7(11)9(8(12)4-6)14-2-1-13/h3-4H,2,5H2. The molecule has 0 saturated heterocycles. The molecule has 0 unspecified atom stereocenters. The smallest absolute Gasteiger partial charge is 0.192 e. The van der Waals surface area contributed by atoms with Crippen molar-refractivity contribution in [1.29, 1.82) is 5.26 Å². The lowest BCUT2D eigenvalue weighted by molar-refractivity contribution is 0.324. The summed E-state index contributed by atoms with van der Waals surface area (Å²) in [7, 11) is 0. The third-order valence-corrected chi connectivity index (χ3v) is 2.14. The maximum atomic E-state index is 13.1. The number of alkyl halides is 1. The number of benzene rings is 1. The molecule has 0 heterocycles. The van der Waals surface area contributed by atoms with E-state index in [0.29, 0.717) is 10.9 Å². The topological polar surface area (TPSA) is 33.0 Å². The molecule has 0 saturated carbocycles. The fourth-order valence-electron chi connectivity index (χ4n) is 0.932. The van der Waals surface area contributed by atoms with Crippen LogP contribution in [0, 0.1) is 23.0 Å². The lowest BCUT2D eigenvalue weighted by Gasteiger charge is -2.05. The van der Waals surface area contributed by atoms with Gasteiger partial charge in [0.1, 0.15) is 6.07 Å². The molecule has 0 spiro atoms. The Balaban J connectivity index is 3.00. The van der Waals surface area contributed by atoms with Crippen molar-refractivity contribution in [2.75, 3.05) is 6.61 Å². The van der Waals surface area contributed by atoms with Gasteiger partial charge >= 0.3 is 0 Å². The Hall–Kier alpha value is -1.15. The molecular weight excluding hydrogens is 256 g/mol. The average molecular weight is 262 g/mol. The van der Waals surface area contributed by atoms with Crippen LogP contribution >= 0.6 is 15.9 Å². The van der Waals surface area contributed by atoms with Gasteiger partial charge in [-0.3, -0.25) is 0 Å². The number of ether oxygens (including phenoxy) is 1. The van der Waals surface area contributed by atoms with E-state index >= 15 is 0 Å². The van der Waals surface area contributed by atoms with Gasteiger partial charge in [0.15, 0.2) is 24.0 Å². The maximum Gasteiger partial charge on any atom is 0.192 e. The van der Waals surface area contributed by atoms with Crippen LogP contribution in [0.1, 0.15) is 5.56 Å². The molecule has 74 valence electrons. The zero-order valence-corrected chi connectivity index (χ0v) is 8.64. The molecular formula is C9H6BrF2NO. The zero-order valence-electron chi connectivity index (χ0n) is 7.06. The summed E-state index contributed by atoms with van der Waals surface area (Å²) in [6.45, 7) is -0.374. The summed E-state index contributed by atoms with van der Waals surface area (Å²) in [5, 5.41) is 8.54. The third kappa shape index (κ3) is 2.42. The molecule has 0 N–H and O–H groups in total. The van der Waals surface area contributed by atoms with Gasteiger partial charge in [-0.05, 0) is 17.7 Å². The van der Waals surface area contributed by atoms with Crippen molar-refractivity contribution < 1.29 is 13.5 Å². The van der Waals surface area contributed by atoms with Crippen LogP contribution in [0.15, 0.2) is 12.1 Å². The highest BCUT2D eigenvalue weighted by molar-refractivity contribution is 9.08. The predicted molar refractivity (Wildman–Crippen MR) is 50.1 cm³/mol. The number of rotatable bonds is 3. The largest absolute Gasteiger partial charge is 0.473 e. The van der Waals surface area contributed by atoms with Gasteiger partial charge in [0, 0.05) is 5.33 Å². The summed E-state index contributed by atoms with van der Waals surface area (Å²) >= 11 is 3.08. The van der Waals surface area contributed by atoms with E-state index < -0.39 is 17.4 Å².